The quantitative estimate of drug-likeness (QED) is 0.305. The van der Waals surface area contributed by atoms with Gasteiger partial charge in [0, 0.05) is 34.3 Å². The molecule has 1 aliphatic rings. The van der Waals surface area contributed by atoms with Crippen LogP contribution in [0.1, 0.15) is 37.9 Å². The SMILES string of the molecule is [B]C([B])([B])n1ncc2c1-c1ccnc(c1)[C@@H](n1cnc(-c3cc(Cl)ccc3-n3cc(Cl)nn3)cc1=O)CCC[C@@H](C)C(=O)N2. The van der Waals surface area contributed by atoms with Crippen LogP contribution in [0.3, 0.4) is 0 Å². The summed E-state index contributed by atoms with van der Waals surface area (Å²) in [5.74, 6) is -0.525. The van der Waals surface area contributed by atoms with Crippen molar-refractivity contribution in [1.29, 1.82) is 0 Å². The van der Waals surface area contributed by atoms with Crippen LogP contribution >= 0.6 is 23.2 Å². The molecule has 11 nitrogen and oxygen atoms in total. The summed E-state index contributed by atoms with van der Waals surface area (Å²) in [7, 11) is 18.0. The maximum atomic E-state index is 13.8. The lowest BCUT2D eigenvalue weighted by atomic mass is 9.49. The lowest BCUT2D eigenvalue weighted by Gasteiger charge is -2.26. The van der Waals surface area contributed by atoms with E-state index in [0.29, 0.717) is 63.9 Å². The molecule has 5 heterocycles. The van der Waals surface area contributed by atoms with Gasteiger partial charge in [0.25, 0.3) is 5.56 Å². The molecule has 0 saturated heterocycles. The summed E-state index contributed by atoms with van der Waals surface area (Å²) in [5.41, 5.74) is 3.22. The molecule has 0 fully saturated rings. The van der Waals surface area contributed by atoms with E-state index in [0.717, 1.165) is 0 Å². The average molecular weight is 620 g/mol. The van der Waals surface area contributed by atoms with Crippen molar-refractivity contribution in [2.75, 3.05) is 5.32 Å². The second-order valence-corrected chi connectivity index (χ2v) is 11.5. The molecule has 0 spiro atoms. The minimum atomic E-state index is -1.85. The van der Waals surface area contributed by atoms with E-state index < -0.39 is 11.3 Å². The molecular formula is C28H22B3Cl2N9O2. The summed E-state index contributed by atoms with van der Waals surface area (Å²) >= 11 is 12.3. The normalized spacial score (nSPS) is 17.3. The van der Waals surface area contributed by atoms with E-state index >= 15 is 0 Å². The van der Waals surface area contributed by atoms with E-state index in [2.05, 4.69) is 30.7 Å². The lowest BCUT2D eigenvalue weighted by molar-refractivity contribution is -0.119. The highest BCUT2D eigenvalue weighted by Crippen LogP contribution is 2.34. The first kappa shape index (κ1) is 29.9. The van der Waals surface area contributed by atoms with E-state index in [4.69, 9.17) is 46.7 Å². The zero-order chi connectivity index (χ0) is 31.2. The second-order valence-electron chi connectivity index (χ2n) is 10.7. The van der Waals surface area contributed by atoms with Gasteiger partial charge in [-0.2, -0.15) is 5.10 Å². The fourth-order valence-electron chi connectivity index (χ4n) is 5.29. The van der Waals surface area contributed by atoms with Crippen LogP contribution in [0.5, 0.6) is 0 Å². The van der Waals surface area contributed by atoms with Gasteiger partial charge in [-0.1, -0.05) is 41.8 Å². The average Bonchev–Trinajstić information content (AvgIpc) is 3.61. The predicted octanol–water partition coefficient (Wildman–Crippen LogP) is 3.48. The molecule has 0 saturated carbocycles. The molecule has 6 rings (SSSR count). The number of anilines is 1. The van der Waals surface area contributed by atoms with Crippen LogP contribution in [0.2, 0.25) is 10.2 Å². The van der Waals surface area contributed by atoms with Gasteiger partial charge in [0.1, 0.15) is 0 Å². The Kier molecular flexibility index (Phi) is 7.98. The number of fused-ring (bicyclic) bond motifs is 4. The summed E-state index contributed by atoms with van der Waals surface area (Å²) in [6, 6.07) is 9.59. The van der Waals surface area contributed by atoms with Crippen LogP contribution in [-0.2, 0) is 10.0 Å². The van der Waals surface area contributed by atoms with Crippen molar-refractivity contribution in [3.8, 4) is 28.2 Å². The molecule has 1 amide bonds. The molecule has 214 valence electrons. The van der Waals surface area contributed by atoms with E-state index in [-0.39, 0.29) is 22.5 Å². The summed E-state index contributed by atoms with van der Waals surface area (Å²) in [4.78, 5) is 36.1. The van der Waals surface area contributed by atoms with Gasteiger partial charge in [-0.3, -0.25) is 23.8 Å². The summed E-state index contributed by atoms with van der Waals surface area (Å²) < 4.78 is 4.25. The maximum absolute atomic E-state index is 13.8. The van der Waals surface area contributed by atoms with Crippen LogP contribution in [0, 0.1) is 5.92 Å². The minimum absolute atomic E-state index is 0.192. The van der Waals surface area contributed by atoms with Gasteiger partial charge >= 0.3 is 0 Å². The topological polar surface area (TPSA) is 125 Å². The van der Waals surface area contributed by atoms with Gasteiger partial charge in [-0.15, -0.1) is 5.10 Å². The number of rotatable bonds is 4. The minimum Gasteiger partial charge on any atom is -0.323 e. The van der Waals surface area contributed by atoms with Gasteiger partial charge < -0.3 is 5.32 Å². The standard InChI is InChI=1S/C28H22B3Cl2N9O2/c1-15-3-2-4-23(20-9-16(7-8-34-20)26-21(37-27(15)44)12-36-42(26)28(29,30)31)40-14-35-19(11-25(40)43)18-10-17(32)5-6-22(18)41-13-24(33)38-39-41/h5-15,23H,2-4H2,1H3,(H,37,44)/t15-,23+/m1/s1. The fraction of sp³-hybridized carbons (Fsp3) is 0.250. The number of hydrogen-bond donors (Lipinski definition) is 1. The van der Waals surface area contributed by atoms with Crippen LogP contribution in [-0.4, -0.2) is 68.8 Å². The van der Waals surface area contributed by atoms with E-state index in [9.17, 15) is 9.59 Å². The number of amides is 1. The summed E-state index contributed by atoms with van der Waals surface area (Å²) in [6.07, 6.45) is 7.79. The first-order chi connectivity index (χ1) is 21.0. The number of nitrogens with zero attached hydrogens (tertiary/aromatic N) is 8. The molecule has 0 unspecified atom stereocenters. The Morgan fingerprint density at radius 1 is 1.05 bits per heavy atom. The molecular weight excluding hydrogens is 598 g/mol. The molecule has 1 N–H and O–H groups in total. The lowest BCUT2D eigenvalue weighted by Crippen LogP contribution is -2.36. The van der Waals surface area contributed by atoms with E-state index in [1.54, 1.807) is 42.7 Å². The monoisotopic (exact) mass is 619 g/mol. The van der Waals surface area contributed by atoms with Gasteiger partial charge in [-0.25, -0.2) is 9.67 Å². The number of carbonyl (C=O) groups is 1. The highest BCUT2D eigenvalue weighted by Gasteiger charge is 2.27. The van der Waals surface area contributed by atoms with E-state index in [1.807, 2.05) is 6.92 Å². The number of halogens is 2. The molecule has 16 heteroatoms. The number of hydrogen-bond acceptors (Lipinski definition) is 7. The van der Waals surface area contributed by atoms with Crippen LogP contribution in [0.4, 0.5) is 5.69 Å². The van der Waals surface area contributed by atoms with Crippen LogP contribution < -0.4 is 10.9 Å². The Morgan fingerprint density at radius 2 is 1.86 bits per heavy atom. The molecule has 1 aliphatic heterocycles. The van der Waals surface area contributed by atoms with E-state index in [1.165, 1.54) is 32.5 Å². The molecule has 0 aliphatic carbocycles. The molecule has 2 atom stereocenters. The van der Waals surface area contributed by atoms with Gasteiger partial charge in [0.2, 0.25) is 5.91 Å². The van der Waals surface area contributed by atoms with Crippen LogP contribution in [0.25, 0.3) is 28.2 Å². The molecule has 2 bridgehead atoms. The third-order valence-corrected chi connectivity index (χ3v) is 7.88. The Morgan fingerprint density at radius 3 is 2.59 bits per heavy atom. The van der Waals surface area contributed by atoms with Gasteiger partial charge in [0.15, 0.2) is 5.15 Å². The van der Waals surface area contributed by atoms with Crippen molar-refractivity contribution >= 4 is 58.3 Å². The van der Waals surface area contributed by atoms with Crippen molar-refractivity contribution in [3.63, 3.8) is 0 Å². The zero-order valence-electron chi connectivity index (χ0n) is 23.4. The number of pyridine rings is 1. The number of carbonyl (C=O) groups excluding carboxylic acids is 1. The zero-order valence-corrected chi connectivity index (χ0v) is 24.9. The molecule has 5 aromatic rings. The Labute approximate surface area is 266 Å². The first-order valence-corrected chi connectivity index (χ1v) is 14.4. The third kappa shape index (κ3) is 5.83. The van der Waals surface area contributed by atoms with Crippen molar-refractivity contribution in [2.24, 2.45) is 5.92 Å². The third-order valence-electron chi connectivity index (χ3n) is 7.47. The van der Waals surface area contributed by atoms with Crippen molar-refractivity contribution in [2.45, 2.75) is 37.5 Å². The van der Waals surface area contributed by atoms with Gasteiger partial charge in [0.05, 0.1) is 76.8 Å². The second kappa shape index (κ2) is 11.7. The highest BCUT2D eigenvalue weighted by molar-refractivity contribution is 6.56. The maximum Gasteiger partial charge on any atom is 0.254 e. The first-order valence-electron chi connectivity index (χ1n) is 13.7. The van der Waals surface area contributed by atoms with Crippen molar-refractivity contribution in [1.82, 2.24) is 39.3 Å². The largest absolute Gasteiger partial charge is 0.323 e. The Bertz CT molecular complexity index is 1940. The fourth-order valence-corrected chi connectivity index (χ4v) is 5.59. The van der Waals surface area contributed by atoms with Gasteiger partial charge in [-0.05, 0) is 48.4 Å². The summed E-state index contributed by atoms with van der Waals surface area (Å²) in [6.45, 7) is 1.84. The van der Waals surface area contributed by atoms with Crippen molar-refractivity contribution in [3.05, 3.63) is 87.5 Å². The number of benzene rings is 1. The number of nitrogens with one attached hydrogen (secondary N) is 1. The highest BCUT2D eigenvalue weighted by atomic mass is 35.5. The molecule has 1 aromatic carbocycles. The summed E-state index contributed by atoms with van der Waals surface area (Å²) in [5, 5.41) is 13.9. The predicted molar refractivity (Wildman–Crippen MR) is 169 cm³/mol. The van der Waals surface area contributed by atoms with Crippen molar-refractivity contribution < 1.29 is 4.79 Å². The number of aromatic nitrogens is 8. The Balaban J connectivity index is 1.46. The molecule has 6 radical (unpaired) electrons. The molecule has 44 heavy (non-hydrogen) atoms. The van der Waals surface area contributed by atoms with Crippen LogP contribution in [0.15, 0.2) is 66.1 Å². The smallest absolute Gasteiger partial charge is 0.254 e. The Hall–Kier alpha value is -4.16. The molecule has 4 aromatic heterocycles.